The molecule has 7 atom stereocenters. The second kappa shape index (κ2) is 7.17. The fraction of sp³-hybridized carbons (Fsp3) is 0.913. The van der Waals surface area contributed by atoms with Crippen molar-refractivity contribution in [3.8, 4) is 0 Å². The molecule has 4 aliphatic rings. The molecule has 1 N–H and O–H groups in total. The molecule has 0 amide bonds. The number of nitrogens with zero attached hydrogens (tertiary/aromatic N) is 1. The predicted octanol–water partition coefficient (Wildman–Crippen LogP) is 4.39. The molecule has 4 nitrogen and oxygen atoms in total. The maximum Gasteiger partial charge on any atom is 0.302 e. The molecule has 27 heavy (non-hydrogen) atoms. The SMILES string of the molecule is CC(=O)O[C@@H]1CC[C@@]2(C)[C@H](CC[C@@H]3[C@@H]2CC[C@]2(C)C(=NCCO)CC[C@@H]32)C1. The summed E-state index contributed by atoms with van der Waals surface area (Å²) in [7, 11) is 0. The Morgan fingerprint density at radius 1 is 1.15 bits per heavy atom. The van der Waals surface area contributed by atoms with Crippen molar-refractivity contribution in [2.45, 2.75) is 84.7 Å². The van der Waals surface area contributed by atoms with Gasteiger partial charge in [0.25, 0.3) is 0 Å². The minimum absolute atomic E-state index is 0.119. The number of fused-ring (bicyclic) bond motifs is 5. The van der Waals surface area contributed by atoms with Gasteiger partial charge in [-0.15, -0.1) is 0 Å². The molecule has 0 aliphatic heterocycles. The molecule has 0 saturated heterocycles. The lowest BCUT2D eigenvalue weighted by atomic mass is 9.45. The highest BCUT2D eigenvalue weighted by molar-refractivity contribution is 5.92. The van der Waals surface area contributed by atoms with Crippen LogP contribution in [0.15, 0.2) is 4.99 Å². The van der Waals surface area contributed by atoms with Crippen molar-refractivity contribution >= 4 is 11.7 Å². The monoisotopic (exact) mass is 375 g/mol. The molecule has 0 heterocycles. The molecule has 0 aromatic heterocycles. The van der Waals surface area contributed by atoms with Crippen molar-refractivity contribution in [3.63, 3.8) is 0 Å². The van der Waals surface area contributed by atoms with Crippen LogP contribution < -0.4 is 0 Å². The van der Waals surface area contributed by atoms with Crippen molar-refractivity contribution < 1.29 is 14.6 Å². The molecule has 0 unspecified atom stereocenters. The zero-order valence-corrected chi connectivity index (χ0v) is 17.4. The molecule has 4 rings (SSSR count). The molecule has 0 bridgehead atoms. The van der Waals surface area contributed by atoms with Gasteiger partial charge in [0.15, 0.2) is 0 Å². The third-order valence-corrected chi connectivity index (χ3v) is 9.09. The summed E-state index contributed by atoms with van der Waals surface area (Å²) in [5, 5.41) is 9.19. The fourth-order valence-corrected chi connectivity index (χ4v) is 7.79. The van der Waals surface area contributed by atoms with Gasteiger partial charge in [0.1, 0.15) is 6.10 Å². The van der Waals surface area contributed by atoms with Gasteiger partial charge in [0, 0.05) is 18.1 Å². The number of aliphatic hydroxyl groups is 1. The van der Waals surface area contributed by atoms with Crippen molar-refractivity contribution in [3.05, 3.63) is 0 Å². The van der Waals surface area contributed by atoms with Gasteiger partial charge in [-0.25, -0.2) is 0 Å². The highest BCUT2D eigenvalue weighted by atomic mass is 16.5. The molecule has 0 aromatic rings. The minimum atomic E-state index is -0.119. The number of rotatable bonds is 3. The summed E-state index contributed by atoms with van der Waals surface area (Å²) in [5.74, 6) is 3.02. The molecule has 4 heteroatoms. The van der Waals surface area contributed by atoms with Crippen LogP contribution in [0.1, 0.15) is 78.6 Å². The average molecular weight is 376 g/mol. The van der Waals surface area contributed by atoms with E-state index in [0.29, 0.717) is 17.9 Å². The highest BCUT2D eigenvalue weighted by Crippen LogP contribution is 2.65. The van der Waals surface area contributed by atoms with Gasteiger partial charge in [-0.2, -0.15) is 0 Å². The van der Waals surface area contributed by atoms with Crippen molar-refractivity contribution in [1.29, 1.82) is 0 Å². The van der Waals surface area contributed by atoms with Crippen LogP contribution >= 0.6 is 0 Å². The Balaban J connectivity index is 1.52. The smallest absolute Gasteiger partial charge is 0.302 e. The molecule has 4 saturated carbocycles. The Morgan fingerprint density at radius 3 is 2.70 bits per heavy atom. The van der Waals surface area contributed by atoms with E-state index in [1.54, 1.807) is 6.92 Å². The first kappa shape index (κ1) is 19.4. The quantitative estimate of drug-likeness (QED) is 0.744. The van der Waals surface area contributed by atoms with E-state index in [4.69, 9.17) is 9.73 Å². The van der Waals surface area contributed by atoms with Gasteiger partial charge < -0.3 is 9.84 Å². The Hall–Kier alpha value is -0.900. The van der Waals surface area contributed by atoms with E-state index in [-0.39, 0.29) is 24.1 Å². The van der Waals surface area contributed by atoms with Crippen molar-refractivity contribution in [1.82, 2.24) is 0 Å². The topological polar surface area (TPSA) is 58.9 Å². The number of hydrogen-bond donors (Lipinski definition) is 1. The van der Waals surface area contributed by atoms with E-state index in [1.807, 2.05) is 0 Å². The van der Waals surface area contributed by atoms with E-state index in [1.165, 1.54) is 44.2 Å². The molecular weight excluding hydrogens is 338 g/mol. The number of aliphatic hydroxyl groups excluding tert-OH is 1. The second-order valence-corrected chi connectivity index (χ2v) is 10.2. The van der Waals surface area contributed by atoms with Gasteiger partial charge >= 0.3 is 5.97 Å². The fourth-order valence-electron chi connectivity index (χ4n) is 7.79. The molecule has 0 aromatic carbocycles. The Morgan fingerprint density at radius 2 is 1.96 bits per heavy atom. The first-order valence-corrected chi connectivity index (χ1v) is 11.2. The lowest BCUT2D eigenvalue weighted by Crippen LogP contribution is -2.54. The molecule has 4 fully saturated rings. The molecular formula is C23H37NO3. The summed E-state index contributed by atoms with van der Waals surface area (Å²) in [6.07, 6.45) is 11.1. The average Bonchev–Trinajstić information content (AvgIpc) is 2.96. The number of hydrogen-bond acceptors (Lipinski definition) is 4. The van der Waals surface area contributed by atoms with Crippen molar-refractivity contribution in [2.24, 2.45) is 39.5 Å². The Labute approximate surface area is 164 Å². The lowest BCUT2D eigenvalue weighted by molar-refractivity contribution is -0.158. The van der Waals surface area contributed by atoms with Crippen LogP contribution in [-0.4, -0.2) is 36.0 Å². The Bertz CT molecular complexity index is 617. The van der Waals surface area contributed by atoms with Crippen LogP contribution in [0.3, 0.4) is 0 Å². The standard InChI is InChI=1S/C23H37NO3/c1-15(26)27-17-8-10-22(2)16(14-17)4-5-18-19-6-7-21(24-12-13-25)23(19,3)11-9-20(18)22/h16-20,25H,4-14H2,1-3H3/t16-,17-,18+,19+,20+,22+,23+/m1/s1. The number of carbonyl (C=O) groups is 1. The van der Waals surface area contributed by atoms with Crippen LogP contribution in [0, 0.1) is 34.5 Å². The third-order valence-electron chi connectivity index (χ3n) is 9.09. The van der Waals surface area contributed by atoms with Gasteiger partial charge in [0.05, 0.1) is 13.2 Å². The first-order chi connectivity index (χ1) is 12.9. The number of esters is 1. The van der Waals surface area contributed by atoms with Crippen LogP contribution in [0.5, 0.6) is 0 Å². The largest absolute Gasteiger partial charge is 0.463 e. The molecule has 4 aliphatic carbocycles. The summed E-state index contributed by atoms with van der Waals surface area (Å²) in [4.78, 5) is 16.2. The van der Waals surface area contributed by atoms with Crippen molar-refractivity contribution in [2.75, 3.05) is 13.2 Å². The summed E-state index contributed by atoms with van der Waals surface area (Å²) in [5.41, 5.74) is 2.09. The van der Waals surface area contributed by atoms with Crippen LogP contribution in [0.2, 0.25) is 0 Å². The van der Waals surface area contributed by atoms with E-state index in [9.17, 15) is 9.90 Å². The zero-order valence-electron chi connectivity index (χ0n) is 17.4. The van der Waals surface area contributed by atoms with E-state index in [2.05, 4.69) is 13.8 Å². The Kier molecular flexibility index (Phi) is 5.15. The second-order valence-electron chi connectivity index (χ2n) is 10.2. The molecule has 0 radical (unpaired) electrons. The van der Waals surface area contributed by atoms with Crippen LogP contribution in [0.25, 0.3) is 0 Å². The normalized spacial score (nSPS) is 47.9. The summed E-state index contributed by atoms with van der Waals surface area (Å²) in [6, 6.07) is 0. The van der Waals surface area contributed by atoms with Gasteiger partial charge in [-0.1, -0.05) is 13.8 Å². The summed E-state index contributed by atoms with van der Waals surface area (Å²) in [6.45, 7) is 7.30. The molecule has 152 valence electrons. The minimum Gasteiger partial charge on any atom is -0.463 e. The van der Waals surface area contributed by atoms with Gasteiger partial charge in [-0.3, -0.25) is 9.79 Å². The van der Waals surface area contributed by atoms with Gasteiger partial charge in [0.2, 0.25) is 0 Å². The first-order valence-electron chi connectivity index (χ1n) is 11.2. The van der Waals surface area contributed by atoms with E-state index < -0.39 is 0 Å². The summed E-state index contributed by atoms with van der Waals surface area (Å²) >= 11 is 0. The van der Waals surface area contributed by atoms with Gasteiger partial charge in [-0.05, 0) is 86.9 Å². The summed E-state index contributed by atoms with van der Waals surface area (Å²) < 4.78 is 5.58. The number of aliphatic imine (C=N–C) groups is 1. The van der Waals surface area contributed by atoms with Crippen LogP contribution in [0.4, 0.5) is 0 Å². The lowest BCUT2D eigenvalue weighted by Gasteiger charge is -2.60. The maximum atomic E-state index is 11.4. The predicted molar refractivity (Wildman–Crippen MR) is 107 cm³/mol. The van der Waals surface area contributed by atoms with E-state index >= 15 is 0 Å². The molecule has 0 spiro atoms. The maximum absolute atomic E-state index is 11.4. The number of carbonyl (C=O) groups excluding carboxylic acids is 1. The highest BCUT2D eigenvalue weighted by Gasteiger charge is 2.59. The van der Waals surface area contributed by atoms with Crippen LogP contribution in [-0.2, 0) is 9.53 Å². The zero-order chi connectivity index (χ0) is 19.2. The third kappa shape index (κ3) is 3.16. The number of ether oxygens (including phenoxy) is 1. The van der Waals surface area contributed by atoms with E-state index in [0.717, 1.165) is 37.0 Å².